The SMILES string of the molecule is Cc1cc(C(C)C)nc(CCN2CCNCC2)n1. The number of aryl methyl sites for hydroxylation is 1. The van der Waals surface area contributed by atoms with Gasteiger partial charge in [0.2, 0.25) is 0 Å². The first-order valence-corrected chi connectivity index (χ1v) is 6.92. The van der Waals surface area contributed by atoms with Gasteiger partial charge < -0.3 is 10.2 Å². The van der Waals surface area contributed by atoms with Gasteiger partial charge in [0, 0.05) is 50.5 Å². The molecule has 1 fully saturated rings. The Balaban J connectivity index is 1.95. The molecule has 1 aliphatic heterocycles. The number of hydrogen-bond donors (Lipinski definition) is 1. The van der Waals surface area contributed by atoms with Crippen molar-refractivity contribution in [3.05, 3.63) is 23.3 Å². The fraction of sp³-hybridized carbons (Fsp3) is 0.714. The van der Waals surface area contributed by atoms with Crippen LogP contribution in [0.2, 0.25) is 0 Å². The molecule has 0 aromatic carbocycles. The third-order valence-corrected chi connectivity index (χ3v) is 3.37. The van der Waals surface area contributed by atoms with E-state index in [0.717, 1.165) is 56.4 Å². The highest BCUT2D eigenvalue weighted by molar-refractivity contribution is 5.13. The van der Waals surface area contributed by atoms with E-state index in [9.17, 15) is 0 Å². The van der Waals surface area contributed by atoms with Crippen molar-refractivity contribution in [2.45, 2.75) is 33.1 Å². The summed E-state index contributed by atoms with van der Waals surface area (Å²) in [6, 6.07) is 2.10. The summed E-state index contributed by atoms with van der Waals surface area (Å²) in [5, 5.41) is 3.37. The summed E-state index contributed by atoms with van der Waals surface area (Å²) in [6.45, 7) is 12.0. The Morgan fingerprint density at radius 1 is 1.28 bits per heavy atom. The van der Waals surface area contributed by atoms with Crippen molar-refractivity contribution in [1.82, 2.24) is 20.2 Å². The summed E-state index contributed by atoms with van der Waals surface area (Å²) in [5.41, 5.74) is 2.25. The molecule has 2 rings (SSSR count). The van der Waals surface area contributed by atoms with E-state index in [0.29, 0.717) is 5.92 Å². The molecule has 0 saturated carbocycles. The van der Waals surface area contributed by atoms with Gasteiger partial charge in [-0.25, -0.2) is 9.97 Å². The van der Waals surface area contributed by atoms with Crippen molar-refractivity contribution in [2.75, 3.05) is 32.7 Å². The molecular formula is C14H24N4. The maximum Gasteiger partial charge on any atom is 0.130 e. The van der Waals surface area contributed by atoms with Gasteiger partial charge in [0.25, 0.3) is 0 Å². The largest absolute Gasteiger partial charge is 0.314 e. The zero-order valence-corrected chi connectivity index (χ0v) is 11.7. The topological polar surface area (TPSA) is 41.1 Å². The van der Waals surface area contributed by atoms with Crippen LogP contribution in [-0.4, -0.2) is 47.6 Å². The predicted octanol–water partition coefficient (Wildman–Crippen LogP) is 1.36. The van der Waals surface area contributed by atoms with E-state index in [1.807, 2.05) is 0 Å². The molecule has 0 unspecified atom stereocenters. The van der Waals surface area contributed by atoms with E-state index in [1.54, 1.807) is 0 Å². The average Bonchev–Trinajstić information content (AvgIpc) is 2.37. The number of nitrogens with one attached hydrogen (secondary N) is 1. The highest BCUT2D eigenvalue weighted by Crippen LogP contribution is 2.12. The number of nitrogens with zero attached hydrogens (tertiary/aromatic N) is 3. The Labute approximate surface area is 110 Å². The molecule has 1 aromatic heterocycles. The van der Waals surface area contributed by atoms with Crippen LogP contribution in [0.25, 0.3) is 0 Å². The van der Waals surface area contributed by atoms with Crippen molar-refractivity contribution >= 4 is 0 Å². The van der Waals surface area contributed by atoms with Crippen LogP contribution in [-0.2, 0) is 6.42 Å². The van der Waals surface area contributed by atoms with Crippen LogP contribution in [0.5, 0.6) is 0 Å². The molecule has 0 amide bonds. The van der Waals surface area contributed by atoms with E-state index in [4.69, 9.17) is 0 Å². The van der Waals surface area contributed by atoms with Crippen LogP contribution in [0.1, 0.15) is 37.0 Å². The number of aromatic nitrogens is 2. The highest BCUT2D eigenvalue weighted by Gasteiger charge is 2.11. The maximum atomic E-state index is 4.66. The molecule has 0 radical (unpaired) electrons. The molecule has 0 bridgehead atoms. The average molecular weight is 248 g/mol. The summed E-state index contributed by atoms with van der Waals surface area (Å²) in [5.74, 6) is 1.47. The van der Waals surface area contributed by atoms with E-state index >= 15 is 0 Å². The monoisotopic (exact) mass is 248 g/mol. The zero-order chi connectivity index (χ0) is 13.0. The summed E-state index contributed by atoms with van der Waals surface area (Å²) in [7, 11) is 0. The Bertz CT molecular complexity index is 383. The first-order chi connectivity index (χ1) is 8.65. The lowest BCUT2D eigenvalue weighted by Crippen LogP contribution is -2.44. The lowest BCUT2D eigenvalue weighted by atomic mass is 10.1. The fourth-order valence-corrected chi connectivity index (χ4v) is 2.26. The van der Waals surface area contributed by atoms with E-state index in [-0.39, 0.29) is 0 Å². The van der Waals surface area contributed by atoms with Crippen molar-refractivity contribution in [3.63, 3.8) is 0 Å². The van der Waals surface area contributed by atoms with Gasteiger partial charge in [-0.15, -0.1) is 0 Å². The van der Waals surface area contributed by atoms with Gasteiger partial charge in [0.1, 0.15) is 5.82 Å². The second kappa shape index (κ2) is 6.25. The Kier molecular flexibility index (Phi) is 4.66. The molecule has 100 valence electrons. The number of rotatable bonds is 4. The van der Waals surface area contributed by atoms with Crippen LogP contribution < -0.4 is 5.32 Å². The maximum absolute atomic E-state index is 4.66. The summed E-state index contributed by atoms with van der Waals surface area (Å²) < 4.78 is 0. The second-order valence-corrected chi connectivity index (χ2v) is 5.35. The Morgan fingerprint density at radius 2 is 2.00 bits per heavy atom. The van der Waals surface area contributed by atoms with Gasteiger partial charge in [-0.2, -0.15) is 0 Å². The highest BCUT2D eigenvalue weighted by atomic mass is 15.2. The summed E-state index contributed by atoms with van der Waals surface area (Å²) in [6.07, 6.45) is 0.960. The van der Waals surface area contributed by atoms with Crippen LogP contribution in [0, 0.1) is 6.92 Å². The Morgan fingerprint density at radius 3 is 2.67 bits per heavy atom. The lowest BCUT2D eigenvalue weighted by Gasteiger charge is -2.26. The summed E-state index contributed by atoms with van der Waals surface area (Å²) in [4.78, 5) is 11.7. The Hall–Kier alpha value is -1.00. The molecule has 1 aromatic rings. The summed E-state index contributed by atoms with van der Waals surface area (Å²) >= 11 is 0. The molecule has 1 N–H and O–H groups in total. The molecule has 1 saturated heterocycles. The van der Waals surface area contributed by atoms with Crippen molar-refractivity contribution in [3.8, 4) is 0 Å². The zero-order valence-electron chi connectivity index (χ0n) is 11.7. The minimum atomic E-state index is 0.477. The molecule has 18 heavy (non-hydrogen) atoms. The van der Waals surface area contributed by atoms with Gasteiger partial charge in [0.05, 0.1) is 0 Å². The van der Waals surface area contributed by atoms with Gasteiger partial charge in [0.15, 0.2) is 0 Å². The van der Waals surface area contributed by atoms with Crippen molar-refractivity contribution in [1.29, 1.82) is 0 Å². The third kappa shape index (κ3) is 3.75. The number of piperazine rings is 1. The van der Waals surface area contributed by atoms with Crippen LogP contribution in [0.4, 0.5) is 0 Å². The molecule has 1 aliphatic rings. The normalized spacial score (nSPS) is 17.3. The number of hydrogen-bond acceptors (Lipinski definition) is 4. The van der Waals surface area contributed by atoms with Gasteiger partial charge >= 0.3 is 0 Å². The van der Waals surface area contributed by atoms with E-state index in [2.05, 4.69) is 47.0 Å². The van der Waals surface area contributed by atoms with Crippen LogP contribution in [0.15, 0.2) is 6.07 Å². The van der Waals surface area contributed by atoms with Crippen LogP contribution >= 0.6 is 0 Å². The standard InChI is InChI=1S/C14H24N4/c1-11(2)13-10-12(3)16-14(17-13)4-7-18-8-5-15-6-9-18/h10-11,15H,4-9H2,1-3H3. The first kappa shape index (κ1) is 13.4. The van der Waals surface area contributed by atoms with Gasteiger partial charge in [-0.05, 0) is 18.9 Å². The predicted molar refractivity (Wildman–Crippen MR) is 73.9 cm³/mol. The quantitative estimate of drug-likeness (QED) is 0.873. The van der Waals surface area contributed by atoms with E-state index in [1.165, 1.54) is 0 Å². The third-order valence-electron chi connectivity index (χ3n) is 3.37. The van der Waals surface area contributed by atoms with E-state index < -0.39 is 0 Å². The van der Waals surface area contributed by atoms with Crippen LogP contribution in [0.3, 0.4) is 0 Å². The second-order valence-electron chi connectivity index (χ2n) is 5.35. The van der Waals surface area contributed by atoms with Gasteiger partial charge in [-0.3, -0.25) is 0 Å². The molecule has 2 heterocycles. The minimum absolute atomic E-state index is 0.477. The smallest absolute Gasteiger partial charge is 0.130 e. The lowest BCUT2D eigenvalue weighted by molar-refractivity contribution is 0.242. The molecule has 0 spiro atoms. The van der Waals surface area contributed by atoms with Crippen molar-refractivity contribution in [2.24, 2.45) is 0 Å². The molecule has 4 heteroatoms. The molecule has 4 nitrogen and oxygen atoms in total. The molecule has 0 aliphatic carbocycles. The first-order valence-electron chi connectivity index (χ1n) is 6.92. The molecule has 0 atom stereocenters. The fourth-order valence-electron chi connectivity index (χ4n) is 2.26. The van der Waals surface area contributed by atoms with Crippen molar-refractivity contribution < 1.29 is 0 Å². The minimum Gasteiger partial charge on any atom is -0.314 e. The molecular weight excluding hydrogens is 224 g/mol. The van der Waals surface area contributed by atoms with Gasteiger partial charge in [-0.1, -0.05) is 13.8 Å².